The van der Waals surface area contributed by atoms with Gasteiger partial charge in [-0.3, -0.25) is 9.78 Å². The number of amides is 1. The topological polar surface area (TPSA) is 86.3 Å². The lowest BCUT2D eigenvalue weighted by atomic mass is 9.95. The largest absolute Gasteiger partial charge is 0.385 e. The highest BCUT2D eigenvalue weighted by Gasteiger charge is 2.29. The highest BCUT2D eigenvalue weighted by atomic mass is 35.5. The molecule has 0 spiro atoms. The summed E-state index contributed by atoms with van der Waals surface area (Å²) in [5.74, 6) is 1.40. The molecule has 1 aliphatic heterocycles. The fourth-order valence-corrected chi connectivity index (χ4v) is 5.81. The van der Waals surface area contributed by atoms with E-state index in [9.17, 15) is 4.79 Å². The van der Waals surface area contributed by atoms with Crippen LogP contribution < -0.4 is 5.73 Å². The Kier molecular flexibility index (Phi) is 8.91. The first-order valence-electron chi connectivity index (χ1n) is 13.7. The van der Waals surface area contributed by atoms with Crippen molar-refractivity contribution in [3.63, 3.8) is 0 Å². The lowest BCUT2D eigenvalue weighted by molar-refractivity contribution is -0.132. The highest BCUT2D eigenvalue weighted by molar-refractivity contribution is 6.33. The second kappa shape index (κ2) is 12.7. The van der Waals surface area contributed by atoms with Crippen LogP contribution in [0.15, 0.2) is 67.0 Å². The summed E-state index contributed by atoms with van der Waals surface area (Å²) in [6.45, 7) is 3.01. The fourth-order valence-electron chi connectivity index (χ4n) is 5.58. The van der Waals surface area contributed by atoms with Crippen molar-refractivity contribution in [1.82, 2.24) is 19.4 Å². The molecule has 8 heteroatoms. The molecule has 1 aliphatic rings. The van der Waals surface area contributed by atoms with E-state index in [-0.39, 0.29) is 17.9 Å². The number of methoxy groups -OCH3 is 1. The normalized spacial score (nSPS) is 16.5. The van der Waals surface area contributed by atoms with Gasteiger partial charge in [0.05, 0.1) is 16.1 Å². The van der Waals surface area contributed by atoms with E-state index in [1.807, 2.05) is 29.2 Å². The molecule has 2 aromatic carbocycles. The predicted molar refractivity (Wildman–Crippen MR) is 156 cm³/mol. The van der Waals surface area contributed by atoms with Crippen LogP contribution in [-0.2, 0) is 22.5 Å². The molecule has 1 saturated heterocycles. The Balaban J connectivity index is 1.21. The van der Waals surface area contributed by atoms with Crippen molar-refractivity contribution in [2.75, 3.05) is 26.8 Å². The number of rotatable bonds is 10. The number of benzene rings is 2. The lowest BCUT2D eigenvalue weighted by Gasteiger charge is -2.33. The number of aromatic nitrogens is 3. The summed E-state index contributed by atoms with van der Waals surface area (Å²) in [5, 5.41) is 0.623. The molecule has 3 heterocycles. The number of fused-ring (bicyclic) bond motifs is 1. The van der Waals surface area contributed by atoms with Gasteiger partial charge >= 0.3 is 0 Å². The van der Waals surface area contributed by atoms with Crippen LogP contribution >= 0.6 is 11.6 Å². The molecule has 2 atom stereocenters. The molecule has 39 heavy (non-hydrogen) atoms. The van der Waals surface area contributed by atoms with Crippen molar-refractivity contribution in [2.24, 2.45) is 5.73 Å². The van der Waals surface area contributed by atoms with Gasteiger partial charge in [0.2, 0.25) is 5.91 Å². The van der Waals surface area contributed by atoms with Crippen LogP contribution in [0.5, 0.6) is 0 Å². The van der Waals surface area contributed by atoms with E-state index in [0.717, 1.165) is 65.9 Å². The number of pyridine rings is 1. The number of likely N-dealkylation sites (tertiary alicyclic amines) is 1. The molecule has 5 rings (SSSR count). The maximum absolute atomic E-state index is 13.3. The Hall–Kier alpha value is -3.26. The molecule has 1 fully saturated rings. The van der Waals surface area contributed by atoms with Gasteiger partial charge in [-0.1, -0.05) is 48.0 Å². The van der Waals surface area contributed by atoms with E-state index in [2.05, 4.69) is 39.9 Å². The average molecular weight is 546 g/mol. The molecule has 4 aromatic rings. The third-order valence-corrected chi connectivity index (χ3v) is 7.83. The molecule has 2 N–H and O–H groups in total. The number of para-hydroxylation sites is 2. The van der Waals surface area contributed by atoms with E-state index in [4.69, 9.17) is 27.1 Å². The standard InChI is InChI=1S/C31H36ClN5O2/c1-39-17-5-16-37-29-8-3-2-7-28(29)35-31(37)24-6-4-15-36(21-24)30(38)19-25(33)18-22-9-11-23(12-10-22)26-13-14-34-20-27(26)32/h2-3,7-14,20,24-25H,4-6,15-19,21,33H2,1H3/t24-,25-/m1/s1. The van der Waals surface area contributed by atoms with Crippen molar-refractivity contribution in [3.05, 3.63) is 83.4 Å². The molecule has 2 aromatic heterocycles. The molecule has 1 amide bonds. The average Bonchev–Trinajstić information content (AvgIpc) is 3.33. The van der Waals surface area contributed by atoms with Crippen LogP contribution in [0.1, 0.15) is 43.0 Å². The minimum Gasteiger partial charge on any atom is -0.385 e. The lowest BCUT2D eigenvalue weighted by Crippen LogP contribution is -2.42. The van der Waals surface area contributed by atoms with Gasteiger partial charge in [-0.2, -0.15) is 0 Å². The summed E-state index contributed by atoms with van der Waals surface area (Å²) in [5.41, 5.74) is 11.7. The minimum atomic E-state index is -0.244. The minimum absolute atomic E-state index is 0.120. The quantitative estimate of drug-likeness (QED) is 0.268. The van der Waals surface area contributed by atoms with Crippen molar-refractivity contribution in [1.29, 1.82) is 0 Å². The van der Waals surface area contributed by atoms with Gasteiger partial charge in [0.1, 0.15) is 5.82 Å². The SMILES string of the molecule is COCCCn1c([C@@H]2CCCN(C(=O)C[C@H](N)Cc3ccc(-c4ccncc4Cl)cc3)C2)nc2ccccc21. The molecule has 0 aliphatic carbocycles. The van der Waals surface area contributed by atoms with Crippen LogP contribution in [-0.4, -0.2) is 58.2 Å². The Morgan fingerprint density at radius 3 is 2.79 bits per heavy atom. The number of hydrogen-bond acceptors (Lipinski definition) is 5. The zero-order valence-corrected chi connectivity index (χ0v) is 23.2. The van der Waals surface area contributed by atoms with Crippen molar-refractivity contribution in [2.45, 2.75) is 50.6 Å². The third-order valence-electron chi connectivity index (χ3n) is 7.53. The van der Waals surface area contributed by atoms with Crippen LogP contribution in [0.25, 0.3) is 22.2 Å². The van der Waals surface area contributed by atoms with Crippen LogP contribution in [0.4, 0.5) is 0 Å². The maximum Gasteiger partial charge on any atom is 0.224 e. The first-order valence-corrected chi connectivity index (χ1v) is 14.1. The molecule has 0 saturated carbocycles. The molecular weight excluding hydrogens is 510 g/mol. The van der Waals surface area contributed by atoms with E-state index < -0.39 is 0 Å². The number of piperidine rings is 1. The smallest absolute Gasteiger partial charge is 0.224 e. The van der Waals surface area contributed by atoms with E-state index in [1.165, 1.54) is 0 Å². The van der Waals surface area contributed by atoms with Gasteiger partial charge in [-0.15, -0.1) is 0 Å². The summed E-state index contributed by atoms with van der Waals surface area (Å²) >= 11 is 6.29. The number of hydrogen-bond donors (Lipinski definition) is 1. The number of imidazole rings is 1. The molecular formula is C31H36ClN5O2. The first kappa shape index (κ1) is 27.3. The Bertz CT molecular complexity index is 1400. The fraction of sp³-hybridized carbons (Fsp3) is 0.387. The van der Waals surface area contributed by atoms with Crippen molar-refractivity contribution in [3.8, 4) is 11.1 Å². The maximum atomic E-state index is 13.3. The molecule has 7 nitrogen and oxygen atoms in total. The Morgan fingerprint density at radius 2 is 2.00 bits per heavy atom. The number of aryl methyl sites for hydroxylation is 1. The zero-order valence-electron chi connectivity index (χ0n) is 22.4. The van der Waals surface area contributed by atoms with E-state index in [0.29, 0.717) is 31.0 Å². The Morgan fingerprint density at radius 1 is 1.18 bits per heavy atom. The summed E-state index contributed by atoms with van der Waals surface area (Å²) in [6.07, 6.45) is 7.26. The third kappa shape index (κ3) is 6.49. The molecule has 204 valence electrons. The highest BCUT2D eigenvalue weighted by Crippen LogP contribution is 2.30. The van der Waals surface area contributed by atoms with Crippen LogP contribution in [0.3, 0.4) is 0 Å². The Labute approximate surface area is 235 Å². The predicted octanol–water partition coefficient (Wildman–Crippen LogP) is 5.45. The summed E-state index contributed by atoms with van der Waals surface area (Å²) in [4.78, 5) is 24.3. The van der Waals surface area contributed by atoms with Crippen molar-refractivity contribution >= 4 is 28.5 Å². The van der Waals surface area contributed by atoms with Gasteiger partial charge < -0.3 is 19.9 Å². The summed E-state index contributed by atoms with van der Waals surface area (Å²) < 4.78 is 7.61. The van der Waals surface area contributed by atoms with Gasteiger partial charge in [-0.05, 0) is 55.0 Å². The van der Waals surface area contributed by atoms with Gasteiger partial charge in [0.15, 0.2) is 0 Å². The van der Waals surface area contributed by atoms with Gasteiger partial charge in [0.25, 0.3) is 0 Å². The number of nitrogens with two attached hydrogens (primary N) is 1. The molecule has 0 bridgehead atoms. The second-order valence-corrected chi connectivity index (χ2v) is 10.8. The van der Waals surface area contributed by atoms with Crippen LogP contribution in [0.2, 0.25) is 5.02 Å². The molecule has 0 unspecified atom stereocenters. The molecule has 0 radical (unpaired) electrons. The first-order chi connectivity index (χ1) is 19.0. The monoisotopic (exact) mass is 545 g/mol. The number of halogens is 1. The number of ether oxygens (including phenoxy) is 1. The number of carbonyl (C=O) groups excluding carboxylic acids is 1. The second-order valence-electron chi connectivity index (χ2n) is 10.4. The zero-order chi connectivity index (χ0) is 27.2. The number of nitrogens with zero attached hydrogens (tertiary/aromatic N) is 4. The van der Waals surface area contributed by atoms with Crippen molar-refractivity contribution < 1.29 is 9.53 Å². The summed E-state index contributed by atoms with van der Waals surface area (Å²) in [6, 6.07) is 18.1. The van der Waals surface area contributed by atoms with Crippen LogP contribution in [0, 0.1) is 0 Å². The van der Waals surface area contributed by atoms with Gasteiger partial charge in [-0.25, -0.2) is 4.98 Å². The summed E-state index contributed by atoms with van der Waals surface area (Å²) in [7, 11) is 1.73. The number of carbonyl (C=O) groups is 1. The van der Waals surface area contributed by atoms with E-state index in [1.54, 1.807) is 19.5 Å². The van der Waals surface area contributed by atoms with E-state index >= 15 is 0 Å². The van der Waals surface area contributed by atoms with Gasteiger partial charge in [0, 0.05) is 69.7 Å².